The van der Waals surface area contributed by atoms with E-state index in [0.29, 0.717) is 30.6 Å². The van der Waals surface area contributed by atoms with Crippen molar-refractivity contribution >= 4 is 11.1 Å². The molecule has 0 radical (unpaired) electrons. The molecule has 0 aliphatic carbocycles. The van der Waals surface area contributed by atoms with Gasteiger partial charge in [0.05, 0.1) is 11.6 Å². The molecule has 0 fully saturated rings. The third-order valence-electron chi connectivity index (χ3n) is 2.23. The predicted molar refractivity (Wildman–Crippen MR) is 58.8 cm³/mol. The van der Waals surface area contributed by atoms with Crippen molar-refractivity contribution in [3.05, 3.63) is 34.3 Å². The normalized spacial score (nSPS) is 10.4. The van der Waals surface area contributed by atoms with Crippen LogP contribution in [0.2, 0.25) is 0 Å². The summed E-state index contributed by atoms with van der Waals surface area (Å²) in [6.07, 6.45) is 0.488. The molecule has 1 aromatic heterocycles. The Hall–Kier alpha value is -2.06. The minimum Gasteiger partial charge on any atom is -0.408 e. The molecule has 0 spiro atoms. The summed E-state index contributed by atoms with van der Waals surface area (Å²) < 4.78 is 4.94. The molecule has 0 atom stereocenters. The van der Waals surface area contributed by atoms with Crippen molar-refractivity contribution in [1.29, 1.82) is 5.26 Å². The molecule has 0 saturated heterocycles. The topological polar surface area (TPSA) is 81.8 Å². The molecule has 0 aliphatic rings. The van der Waals surface area contributed by atoms with Crippen LogP contribution in [0.3, 0.4) is 0 Å². The lowest BCUT2D eigenvalue weighted by Gasteiger charge is -2.01. The van der Waals surface area contributed by atoms with E-state index in [1.165, 1.54) is 0 Å². The Morgan fingerprint density at radius 1 is 1.50 bits per heavy atom. The Morgan fingerprint density at radius 3 is 3.19 bits per heavy atom. The first kappa shape index (κ1) is 10.5. The zero-order valence-electron chi connectivity index (χ0n) is 8.62. The second-order valence-corrected chi connectivity index (χ2v) is 3.43. The smallest absolute Gasteiger partial charge is 0.408 e. The lowest BCUT2D eigenvalue weighted by molar-refractivity contribution is 0.554. The molecular formula is C11H11N3O2. The Labute approximate surface area is 91.7 Å². The molecular weight excluding hydrogens is 206 g/mol. The number of rotatable bonds is 4. The number of oxazole rings is 1. The fourth-order valence-electron chi connectivity index (χ4n) is 1.48. The van der Waals surface area contributed by atoms with Crippen LogP contribution in [0, 0.1) is 11.3 Å². The fraction of sp³-hybridized carbons (Fsp3) is 0.273. The number of benzene rings is 1. The standard InChI is InChI=1S/C11H11N3O2/c12-4-1-5-13-7-8-2-3-9-10(6-8)16-11(15)14-9/h2-3,6,13H,1,5,7H2,(H,14,15). The molecule has 5 nitrogen and oxygen atoms in total. The van der Waals surface area contributed by atoms with E-state index in [9.17, 15) is 4.79 Å². The van der Waals surface area contributed by atoms with E-state index in [0.717, 1.165) is 5.56 Å². The predicted octanol–water partition coefficient (Wildman–Crippen LogP) is 1.12. The summed E-state index contributed by atoms with van der Waals surface area (Å²) in [4.78, 5) is 13.5. The number of fused-ring (bicyclic) bond motifs is 1. The summed E-state index contributed by atoms with van der Waals surface area (Å²) in [5, 5.41) is 11.5. The van der Waals surface area contributed by atoms with Gasteiger partial charge in [-0.3, -0.25) is 4.98 Å². The zero-order valence-corrected chi connectivity index (χ0v) is 8.62. The molecule has 82 valence electrons. The van der Waals surface area contributed by atoms with Crippen LogP contribution in [-0.2, 0) is 6.54 Å². The molecule has 5 heteroatoms. The number of aromatic amines is 1. The summed E-state index contributed by atoms with van der Waals surface area (Å²) in [6.45, 7) is 1.32. The number of H-pyrrole nitrogens is 1. The second kappa shape index (κ2) is 4.64. The number of hydrogen-bond donors (Lipinski definition) is 2. The monoisotopic (exact) mass is 217 g/mol. The molecule has 2 aromatic rings. The summed E-state index contributed by atoms with van der Waals surface area (Å²) in [5.74, 6) is -0.440. The average molecular weight is 217 g/mol. The highest BCUT2D eigenvalue weighted by Gasteiger charge is 2.01. The number of hydrogen-bond acceptors (Lipinski definition) is 4. The molecule has 0 amide bonds. The number of aromatic nitrogens is 1. The van der Waals surface area contributed by atoms with Crippen molar-refractivity contribution in [2.24, 2.45) is 0 Å². The number of nitrogens with zero attached hydrogens (tertiary/aromatic N) is 1. The van der Waals surface area contributed by atoms with Gasteiger partial charge in [-0.2, -0.15) is 5.26 Å². The lowest BCUT2D eigenvalue weighted by atomic mass is 10.2. The van der Waals surface area contributed by atoms with Gasteiger partial charge in [0, 0.05) is 19.5 Å². The molecule has 2 rings (SSSR count). The van der Waals surface area contributed by atoms with Crippen molar-refractivity contribution in [2.45, 2.75) is 13.0 Å². The zero-order chi connectivity index (χ0) is 11.4. The number of nitrogens with one attached hydrogen (secondary N) is 2. The third-order valence-corrected chi connectivity index (χ3v) is 2.23. The Kier molecular flexibility index (Phi) is 3.03. The quantitative estimate of drug-likeness (QED) is 0.752. The van der Waals surface area contributed by atoms with E-state index in [1.807, 2.05) is 18.2 Å². The van der Waals surface area contributed by atoms with Crippen molar-refractivity contribution in [2.75, 3.05) is 6.54 Å². The van der Waals surface area contributed by atoms with Gasteiger partial charge in [-0.25, -0.2) is 4.79 Å². The molecule has 2 N–H and O–H groups in total. The average Bonchev–Trinajstić information content (AvgIpc) is 2.64. The van der Waals surface area contributed by atoms with Gasteiger partial charge < -0.3 is 9.73 Å². The molecule has 1 heterocycles. The van der Waals surface area contributed by atoms with Crippen LogP contribution in [0.1, 0.15) is 12.0 Å². The highest BCUT2D eigenvalue weighted by Crippen LogP contribution is 2.11. The molecule has 0 saturated carbocycles. The van der Waals surface area contributed by atoms with E-state index in [-0.39, 0.29) is 0 Å². The van der Waals surface area contributed by atoms with Crippen molar-refractivity contribution < 1.29 is 4.42 Å². The molecule has 0 bridgehead atoms. The Bertz CT molecular complexity index is 577. The van der Waals surface area contributed by atoms with Gasteiger partial charge in [-0.15, -0.1) is 0 Å². The van der Waals surface area contributed by atoms with E-state index >= 15 is 0 Å². The Balaban J connectivity index is 2.08. The molecule has 1 aromatic carbocycles. The van der Waals surface area contributed by atoms with E-state index in [1.54, 1.807) is 0 Å². The molecule has 16 heavy (non-hydrogen) atoms. The minimum atomic E-state index is -0.440. The SMILES string of the molecule is N#CCCNCc1ccc2[nH]c(=O)oc2c1. The van der Waals surface area contributed by atoms with Crippen molar-refractivity contribution in [1.82, 2.24) is 10.3 Å². The maximum Gasteiger partial charge on any atom is 0.417 e. The summed E-state index contributed by atoms with van der Waals surface area (Å²) >= 11 is 0. The van der Waals surface area contributed by atoms with Crippen LogP contribution in [0.25, 0.3) is 11.1 Å². The van der Waals surface area contributed by atoms with Gasteiger partial charge in [0.1, 0.15) is 0 Å². The second-order valence-electron chi connectivity index (χ2n) is 3.43. The summed E-state index contributed by atoms with van der Waals surface area (Å²) in [5.41, 5.74) is 2.28. The van der Waals surface area contributed by atoms with Gasteiger partial charge in [0.15, 0.2) is 5.58 Å². The third kappa shape index (κ3) is 2.30. The molecule has 0 unspecified atom stereocenters. The maximum atomic E-state index is 10.9. The minimum absolute atomic E-state index is 0.440. The van der Waals surface area contributed by atoms with E-state index < -0.39 is 5.76 Å². The van der Waals surface area contributed by atoms with Gasteiger partial charge >= 0.3 is 5.76 Å². The first-order valence-electron chi connectivity index (χ1n) is 4.99. The number of nitriles is 1. The summed E-state index contributed by atoms with van der Waals surface area (Å²) in [7, 11) is 0. The van der Waals surface area contributed by atoms with Crippen LogP contribution in [0.15, 0.2) is 27.4 Å². The van der Waals surface area contributed by atoms with Crippen molar-refractivity contribution in [3.63, 3.8) is 0 Å². The van der Waals surface area contributed by atoms with E-state index in [2.05, 4.69) is 16.4 Å². The first-order chi connectivity index (χ1) is 7.79. The van der Waals surface area contributed by atoms with Crippen LogP contribution >= 0.6 is 0 Å². The highest BCUT2D eigenvalue weighted by atomic mass is 16.4. The fourth-order valence-corrected chi connectivity index (χ4v) is 1.48. The van der Waals surface area contributed by atoms with Crippen LogP contribution in [0.5, 0.6) is 0 Å². The van der Waals surface area contributed by atoms with Crippen molar-refractivity contribution in [3.8, 4) is 6.07 Å². The van der Waals surface area contributed by atoms with Crippen LogP contribution in [-0.4, -0.2) is 11.5 Å². The van der Waals surface area contributed by atoms with Crippen LogP contribution in [0.4, 0.5) is 0 Å². The Morgan fingerprint density at radius 2 is 2.38 bits per heavy atom. The van der Waals surface area contributed by atoms with Crippen LogP contribution < -0.4 is 11.1 Å². The highest BCUT2D eigenvalue weighted by molar-refractivity contribution is 5.72. The van der Waals surface area contributed by atoms with E-state index in [4.69, 9.17) is 9.68 Å². The first-order valence-corrected chi connectivity index (χ1v) is 4.99. The van der Waals surface area contributed by atoms with Gasteiger partial charge in [0.2, 0.25) is 0 Å². The largest absolute Gasteiger partial charge is 0.417 e. The van der Waals surface area contributed by atoms with Gasteiger partial charge in [-0.05, 0) is 17.7 Å². The summed E-state index contributed by atoms with van der Waals surface area (Å²) in [6, 6.07) is 7.59. The lowest BCUT2D eigenvalue weighted by Crippen LogP contribution is -2.13. The van der Waals surface area contributed by atoms with Gasteiger partial charge in [-0.1, -0.05) is 6.07 Å². The maximum absolute atomic E-state index is 10.9. The molecule has 0 aliphatic heterocycles. The van der Waals surface area contributed by atoms with Gasteiger partial charge in [0.25, 0.3) is 0 Å².